The molecule has 0 radical (unpaired) electrons. The minimum absolute atomic E-state index is 0.192. The predicted octanol–water partition coefficient (Wildman–Crippen LogP) is 1.10. The lowest BCUT2D eigenvalue weighted by Crippen LogP contribution is -2.15. The third kappa shape index (κ3) is 1.92. The van der Waals surface area contributed by atoms with Gasteiger partial charge in [0.25, 0.3) is 5.89 Å². The Morgan fingerprint density at radius 2 is 2.47 bits per heavy atom. The molecule has 6 heteroatoms. The van der Waals surface area contributed by atoms with E-state index < -0.39 is 6.04 Å². The van der Waals surface area contributed by atoms with Gasteiger partial charge in [-0.25, -0.2) is 0 Å². The molecular weight excluding hydrogens is 214 g/mol. The summed E-state index contributed by atoms with van der Waals surface area (Å²) in [5.74, 6) is 0.793. The molecule has 0 fully saturated rings. The number of aliphatic hydroxyl groups is 1. The van der Waals surface area contributed by atoms with E-state index in [0.717, 1.165) is 10.4 Å². The molecule has 0 aliphatic carbocycles. The largest absolute Gasteiger partial charge is 0.394 e. The molecule has 0 spiro atoms. The molecule has 1 atom stereocenters. The van der Waals surface area contributed by atoms with Crippen molar-refractivity contribution >= 4 is 11.3 Å². The van der Waals surface area contributed by atoms with Crippen LogP contribution in [0.3, 0.4) is 0 Å². The van der Waals surface area contributed by atoms with Crippen molar-refractivity contribution in [2.75, 3.05) is 6.61 Å². The molecule has 0 bridgehead atoms. The van der Waals surface area contributed by atoms with Crippen LogP contribution >= 0.6 is 11.3 Å². The molecule has 1 unspecified atom stereocenters. The molecule has 2 aromatic rings. The molecule has 0 aliphatic rings. The zero-order valence-electron chi connectivity index (χ0n) is 8.17. The lowest BCUT2D eigenvalue weighted by molar-refractivity contribution is 0.260. The van der Waals surface area contributed by atoms with E-state index in [0.29, 0.717) is 11.7 Å². The number of hydrogen-bond acceptors (Lipinski definition) is 6. The molecule has 0 saturated heterocycles. The van der Waals surface area contributed by atoms with E-state index in [1.54, 1.807) is 0 Å². The Balaban J connectivity index is 2.32. The van der Waals surface area contributed by atoms with Gasteiger partial charge in [0.15, 0.2) is 5.82 Å². The number of rotatable bonds is 3. The van der Waals surface area contributed by atoms with Crippen molar-refractivity contribution in [3.63, 3.8) is 0 Å². The maximum atomic E-state index is 8.84. The smallest absolute Gasteiger partial charge is 0.268 e. The van der Waals surface area contributed by atoms with Crippen molar-refractivity contribution in [1.82, 2.24) is 10.1 Å². The lowest BCUT2D eigenvalue weighted by atomic mass is 10.3. The highest BCUT2D eigenvalue weighted by atomic mass is 32.1. The van der Waals surface area contributed by atoms with E-state index in [1.807, 2.05) is 18.4 Å². The Morgan fingerprint density at radius 3 is 3.07 bits per heavy atom. The quantitative estimate of drug-likeness (QED) is 0.817. The molecule has 0 aliphatic heterocycles. The van der Waals surface area contributed by atoms with E-state index in [1.165, 1.54) is 11.3 Å². The van der Waals surface area contributed by atoms with Gasteiger partial charge in [0, 0.05) is 0 Å². The molecule has 2 heterocycles. The Hall–Kier alpha value is -1.24. The summed E-state index contributed by atoms with van der Waals surface area (Å²) in [5.41, 5.74) is 6.66. The number of hydrogen-bond donors (Lipinski definition) is 2. The molecular formula is C9H11N3O2S. The third-order valence-corrected chi connectivity index (χ3v) is 3.03. The summed E-state index contributed by atoms with van der Waals surface area (Å²) in [6.07, 6.45) is 0. The van der Waals surface area contributed by atoms with Crippen LogP contribution in [0.15, 0.2) is 16.0 Å². The normalized spacial score (nSPS) is 13.0. The number of aliphatic hydroxyl groups excluding tert-OH is 1. The Kier molecular flexibility index (Phi) is 2.81. The minimum atomic E-state index is -0.581. The van der Waals surface area contributed by atoms with Crippen LogP contribution in [0.4, 0.5) is 0 Å². The van der Waals surface area contributed by atoms with E-state index in [2.05, 4.69) is 10.1 Å². The van der Waals surface area contributed by atoms with Gasteiger partial charge in [-0.05, 0) is 23.9 Å². The summed E-state index contributed by atoms with van der Waals surface area (Å²) in [5, 5.41) is 14.5. The molecule has 2 rings (SSSR count). The van der Waals surface area contributed by atoms with Gasteiger partial charge >= 0.3 is 0 Å². The first-order chi connectivity index (χ1) is 7.22. The van der Waals surface area contributed by atoms with Gasteiger partial charge in [-0.1, -0.05) is 5.16 Å². The highest BCUT2D eigenvalue weighted by molar-refractivity contribution is 7.13. The summed E-state index contributed by atoms with van der Waals surface area (Å²) in [6.45, 7) is 1.78. The van der Waals surface area contributed by atoms with E-state index in [9.17, 15) is 0 Å². The van der Waals surface area contributed by atoms with Gasteiger partial charge in [0.05, 0.1) is 17.5 Å². The van der Waals surface area contributed by atoms with Gasteiger partial charge in [-0.15, -0.1) is 11.3 Å². The zero-order valence-corrected chi connectivity index (χ0v) is 8.99. The second-order valence-electron chi connectivity index (χ2n) is 3.18. The summed E-state index contributed by atoms with van der Waals surface area (Å²) in [6, 6.07) is 1.40. The fraction of sp³-hybridized carbons (Fsp3) is 0.333. The zero-order chi connectivity index (χ0) is 10.8. The van der Waals surface area contributed by atoms with Crippen molar-refractivity contribution in [3.05, 3.63) is 22.8 Å². The number of nitrogens with two attached hydrogens (primary N) is 1. The minimum Gasteiger partial charge on any atom is -0.394 e. The van der Waals surface area contributed by atoms with Gasteiger partial charge in [-0.2, -0.15) is 4.98 Å². The average molecular weight is 225 g/mol. The molecule has 0 aromatic carbocycles. The maximum Gasteiger partial charge on any atom is 0.268 e. The van der Waals surface area contributed by atoms with Gasteiger partial charge < -0.3 is 15.4 Å². The molecule has 5 nitrogen and oxygen atoms in total. The Labute approximate surface area is 90.5 Å². The van der Waals surface area contributed by atoms with Crippen LogP contribution in [0.2, 0.25) is 0 Å². The first-order valence-corrected chi connectivity index (χ1v) is 5.35. The number of nitrogens with zero attached hydrogens (tertiary/aromatic N) is 2. The van der Waals surface area contributed by atoms with Crippen molar-refractivity contribution in [2.45, 2.75) is 13.0 Å². The van der Waals surface area contributed by atoms with Crippen molar-refractivity contribution in [2.24, 2.45) is 5.73 Å². The van der Waals surface area contributed by atoms with E-state index in [-0.39, 0.29) is 6.61 Å². The molecule has 2 aromatic heterocycles. The molecule has 80 valence electrons. The van der Waals surface area contributed by atoms with Crippen LogP contribution in [-0.2, 0) is 0 Å². The number of thiophene rings is 1. The monoisotopic (exact) mass is 225 g/mol. The maximum absolute atomic E-state index is 8.84. The molecule has 0 saturated carbocycles. The summed E-state index contributed by atoms with van der Waals surface area (Å²) in [7, 11) is 0. The second kappa shape index (κ2) is 4.09. The van der Waals surface area contributed by atoms with Crippen molar-refractivity contribution < 1.29 is 9.63 Å². The Morgan fingerprint density at radius 1 is 1.67 bits per heavy atom. The lowest BCUT2D eigenvalue weighted by Gasteiger charge is -1.98. The fourth-order valence-corrected chi connectivity index (χ4v) is 2.00. The van der Waals surface area contributed by atoms with Crippen molar-refractivity contribution in [3.8, 4) is 10.8 Å². The summed E-state index contributed by atoms with van der Waals surface area (Å²) >= 11 is 1.54. The first-order valence-electron chi connectivity index (χ1n) is 4.47. The first kappa shape index (κ1) is 10.3. The van der Waals surface area contributed by atoms with Crippen LogP contribution in [0, 0.1) is 6.92 Å². The van der Waals surface area contributed by atoms with Crippen LogP contribution in [0.1, 0.15) is 17.4 Å². The standard InChI is InChI=1S/C9H11N3O2S/c1-5-2-3-15-7(5)9-11-8(12-14-9)6(10)4-13/h2-3,6,13H,4,10H2,1H3. The number of aryl methyl sites for hydroxylation is 1. The third-order valence-electron chi connectivity index (χ3n) is 2.03. The van der Waals surface area contributed by atoms with Gasteiger partial charge in [0.1, 0.15) is 0 Å². The van der Waals surface area contributed by atoms with Crippen LogP contribution < -0.4 is 5.73 Å². The highest BCUT2D eigenvalue weighted by Gasteiger charge is 2.16. The van der Waals surface area contributed by atoms with E-state index in [4.69, 9.17) is 15.4 Å². The summed E-state index contributed by atoms with van der Waals surface area (Å²) < 4.78 is 5.07. The fourth-order valence-electron chi connectivity index (χ4n) is 1.15. The summed E-state index contributed by atoms with van der Waals surface area (Å²) in [4.78, 5) is 5.08. The van der Waals surface area contributed by atoms with Crippen LogP contribution in [0.5, 0.6) is 0 Å². The molecule has 3 N–H and O–H groups in total. The van der Waals surface area contributed by atoms with Gasteiger partial charge in [-0.3, -0.25) is 0 Å². The predicted molar refractivity (Wildman–Crippen MR) is 56.4 cm³/mol. The topological polar surface area (TPSA) is 85.2 Å². The SMILES string of the molecule is Cc1ccsc1-c1nc(C(N)CO)no1. The second-order valence-corrected chi connectivity index (χ2v) is 4.10. The van der Waals surface area contributed by atoms with Crippen molar-refractivity contribution in [1.29, 1.82) is 0 Å². The molecule has 0 amide bonds. The average Bonchev–Trinajstić information content (AvgIpc) is 2.84. The van der Waals surface area contributed by atoms with E-state index >= 15 is 0 Å². The van der Waals surface area contributed by atoms with Crippen LogP contribution in [-0.4, -0.2) is 21.9 Å². The van der Waals surface area contributed by atoms with Gasteiger partial charge in [0.2, 0.25) is 0 Å². The van der Waals surface area contributed by atoms with Crippen LogP contribution in [0.25, 0.3) is 10.8 Å². The number of aromatic nitrogens is 2. The molecule has 15 heavy (non-hydrogen) atoms. The Bertz CT molecular complexity index is 452. The highest BCUT2D eigenvalue weighted by Crippen LogP contribution is 2.27.